The van der Waals surface area contributed by atoms with Gasteiger partial charge in [-0.3, -0.25) is 9.59 Å². The van der Waals surface area contributed by atoms with E-state index in [1.165, 1.54) is 11.1 Å². The van der Waals surface area contributed by atoms with E-state index in [-0.39, 0.29) is 17.5 Å². The van der Waals surface area contributed by atoms with Gasteiger partial charge in [-0.15, -0.1) is 0 Å². The Kier molecular flexibility index (Phi) is 5.76. The van der Waals surface area contributed by atoms with E-state index < -0.39 is 12.0 Å². The first kappa shape index (κ1) is 23.4. The molecule has 37 heavy (non-hydrogen) atoms. The van der Waals surface area contributed by atoms with Crippen LogP contribution in [0, 0.1) is 6.92 Å². The van der Waals surface area contributed by atoms with Gasteiger partial charge in [-0.25, -0.2) is 4.98 Å². The molecule has 4 aromatic rings. The lowest BCUT2D eigenvalue weighted by molar-refractivity contribution is -0.141. The summed E-state index contributed by atoms with van der Waals surface area (Å²) < 4.78 is 0. The van der Waals surface area contributed by atoms with Crippen molar-refractivity contribution in [2.75, 3.05) is 6.54 Å². The number of aromatic nitrogens is 2. The molecule has 0 radical (unpaired) electrons. The number of nitrogens with one attached hydrogen (secondary N) is 1. The summed E-state index contributed by atoms with van der Waals surface area (Å²) >= 11 is 0. The van der Waals surface area contributed by atoms with Gasteiger partial charge < -0.3 is 15.0 Å². The van der Waals surface area contributed by atoms with E-state index in [1.807, 2.05) is 67.6 Å². The Labute approximate surface area is 215 Å². The molecule has 3 aromatic carbocycles. The van der Waals surface area contributed by atoms with Crippen LogP contribution in [0.2, 0.25) is 0 Å². The van der Waals surface area contributed by atoms with Crippen LogP contribution in [0.25, 0.3) is 11.1 Å². The van der Waals surface area contributed by atoms with Crippen LogP contribution in [-0.4, -0.2) is 32.4 Å². The second-order valence-corrected chi connectivity index (χ2v) is 10.2. The van der Waals surface area contributed by atoms with Gasteiger partial charge in [0.05, 0.1) is 23.2 Å². The molecule has 1 atom stereocenters. The summed E-state index contributed by atoms with van der Waals surface area (Å²) in [6.45, 7) is 2.59. The lowest BCUT2D eigenvalue weighted by Gasteiger charge is -2.30. The van der Waals surface area contributed by atoms with Gasteiger partial charge in [-0.1, -0.05) is 78.4 Å². The molecule has 0 bridgehead atoms. The normalized spacial score (nSPS) is 16.6. The summed E-state index contributed by atoms with van der Waals surface area (Å²) in [5.41, 5.74) is 5.68. The van der Waals surface area contributed by atoms with E-state index in [0.29, 0.717) is 24.1 Å². The minimum atomic E-state index is -1.30. The van der Waals surface area contributed by atoms with Gasteiger partial charge in [0.2, 0.25) is 0 Å². The Hall–Kier alpha value is -4.03. The minimum Gasteiger partial charge on any atom is -0.378 e. The zero-order chi connectivity index (χ0) is 25.6. The van der Waals surface area contributed by atoms with E-state index in [4.69, 9.17) is 4.98 Å². The molecule has 6 nitrogen and oxygen atoms in total. The highest BCUT2D eigenvalue weighted by atomic mass is 16.3. The van der Waals surface area contributed by atoms with Gasteiger partial charge in [0, 0.05) is 13.0 Å². The van der Waals surface area contributed by atoms with Crippen molar-refractivity contribution in [2.24, 2.45) is 0 Å². The van der Waals surface area contributed by atoms with Crippen LogP contribution in [0.3, 0.4) is 0 Å². The number of hydrogen-bond acceptors (Lipinski definition) is 4. The lowest BCUT2D eigenvalue weighted by atomic mass is 9.94. The molecule has 6 rings (SSSR count). The van der Waals surface area contributed by atoms with Gasteiger partial charge in [0.1, 0.15) is 5.82 Å². The number of carbonyl (C=O) groups excluding carboxylic acids is 1. The monoisotopic (exact) mass is 491 g/mol. The summed E-state index contributed by atoms with van der Waals surface area (Å²) in [4.78, 5) is 35.9. The number of hydrogen-bond donors (Lipinski definition) is 2. The molecule has 6 heteroatoms. The van der Waals surface area contributed by atoms with Crippen molar-refractivity contribution in [1.29, 1.82) is 0 Å². The number of aromatic amines is 1. The number of fused-ring (bicyclic) bond motifs is 1. The van der Waals surface area contributed by atoms with E-state index in [2.05, 4.69) is 17.1 Å². The molecule has 2 N–H and O–H groups in total. The predicted molar refractivity (Wildman–Crippen MR) is 142 cm³/mol. The first-order chi connectivity index (χ1) is 17.9. The zero-order valence-electron chi connectivity index (χ0n) is 20.8. The highest BCUT2D eigenvalue weighted by Gasteiger charge is 2.48. The van der Waals surface area contributed by atoms with Gasteiger partial charge in [0.25, 0.3) is 11.5 Å². The summed E-state index contributed by atoms with van der Waals surface area (Å²) in [6, 6.07) is 25.7. The second-order valence-electron chi connectivity index (χ2n) is 10.2. The smallest absolute Gasteiger partial charge is 0.256 e. The van der Waals surface area contributed by atoms with Crippen molar-refractivity contribution in [3.8, 4) is 11.1 Å². The van der Waals surface area contributed by atoms with E-state index >= 15 is 0 Å². The maximum Gasteiger partial charge on any atom is 0.256 e. The fourth-order valence-corrected chi connectivity index (χ4v) is 5.33. The molecular formula is C31H29N3O3. The number of amides is 1. The Bertz CT molecular complexity index is 1520. The third-order valence-corrected chi connectivity index (χ3v) is 7.73. The molecule has 1 unspecified atom stereocenters. The Morgan fingerprint density at radius 2 is 1.76 bits per heavy atom. The number of carbonyl (C=O) groups is 1. The highest BCUT2D eigenvalue weighted by molar-refractivity contribution is 5.83. The second kappa shape index (κ2) is 9.12. The largest absolute Gasteiger partial charge is 0.378 e. The van der Waals surface area contributed by atoms with Crippen LogP contribution >= 0.6 is 0 Å². The number of aliphatic hydroxyl groups is 1. The van der Waals surface area contributed by atoms with Crippen LogP contribution in [0.1, 0.15) is 52.7 Å². The molecule has 1 aromatic heterocycles. The van der Waals surface area contributed by atoms with Crippen LogP contribution in [0.4, 0.5) is 0 Å². The highest BCUT2D eigenvalue weighted by Crippen LogP contribution is 2.51. The van der Waals surface area contributed by atoms with Crippen LogP contribution in [-0.2, 0) is 23.2 Å². The molecule has 2 heterocycles. The molecule has 1 aliphatic heterocycles. The SMILES string of the molecule is Cc1ccc(-c2cccc(C(O)C(=O)N3CCc4nc(C5(c6ccccc6)CC5)[nH]c(=O)c4C3)c2)cc1. The third-order valence-electron chi connectivity index (χ3n) is 7.73. The number of benzene rings is 3. The minimum absolute atomic E-state index is 0.143. The van der Waals surface area contributed by atoms with E-state index in [9.17, 15) is 14.7 Å². The van der Waals surface area contributed by atoms with Crippen molar-refractivity contribution in [2.45, 2.75) is 44.2 Å². The maximum absolute atomic E-state index is 13.3. The number of aryl methyl sites for hydroxylation is 1. The number of aliphatic hydroxyl groups excluding tert-OH is 1. The molecule has 1 amide bonds. The number of rotatable bonds is 5. The lowest BCUT2D eigenvalue weighted by Crippen LogP contribution is -2.42. The molecule has 1 aliphatic carbocycles. The maximum atomic E-state index is 13.3. The standard InChI is InChI=1S/C31H29N3O3/c1-20-10-12-21(13-11-20)22-6-5-7-23(18-22)27(35)29(37)34-17-14-26-25(19-34)28(36)33-30(32-26)31(15-16-31)24-8-3-2-4-9-24/h2-13,18,27,35H,14-17,19H2,1H3,(H,32,33,36). The zero-order valence-corrected chi connectivity index (χ0v) is 20.8. The summed E-state index contributed by atoms with van der Waals surface area (Å²) in [6.07, 6.45) is 1.10. The number of H-pyrrole nitrogens is 1. The average Bonchev–Trinajstić information content (AvgIpc) is 3.75. The van der Waals surface area contributed by atoms with Crippen LogP contribution in [0.15, 0.2) is 83.7 Å². The van der Waals surface area contributed by atoms with Crippen molar-refractivity contribution < 1.29 is 9.90 Å². The van der Waals surface area contributed by atoms with Gasteiger partial charge in [0.15, 0.2) is 6.10 Å². The van der Waals surface area contributed by atoms with Gasteiger partial charge in [-0.2, -0.15) is 0 Å². The Balaban J connectivity index is 1.22. The average molecular weight is 492 g/mol. The van der Waals surface area contributed by atoms with Crippen molar-refractivity contribution in [1.82, 2.24) is 14.9 Å². The molecule has 2 aliphatic rings. The molecule has 0 saturated heterocycles. The van der Waals surface area contributed by atoms with Gasteiger partial charge >= 0.3 is 0 Å². The summed E-state index contributed by atoms with van der Waals surface area (Å²) in [5, 5.41) is 11.0. The molecule has 1 fully saturated rings. The molecule has 186 valence electrons. The van der Waals surface area contributed by atoms with Crippen LogP contribution < -0.4 is 5.56 Å². The fraction of sp³-hybridized carbons (Fsp3) is 0.258. The Morgan fingerprint density at radius 3 is 2.49 bits per heavy atom. The molecule has 0 spiro atoms. The first-order valence-corrected chi connectivity index (χ1v) is 12.8. The summed E-state index contributed by atoms with van der Waals surface area (Å²) in [7, 11) is 0. The quantitative estimate of drug-likeness (QED) is 0.432. The molecule has 1 saturated carbocycles. The van der Waals surface area contributed by atoms with Crippen molar-refractivity contribution >= 4 is 5.91 Å². The third kappa shape index (κ3) is 4.27. The van der Waals surface area contributed by atoms with E-state index in [0.717, 1.165) is 35.5 Å². The topological polar surface area (TPSA) is 86.3 Å². The molecular weight excluding hydrogens is 462 g/mol. The van der Waals surface area contributed by atoms with Gasteiger partial charge in [-0.05, 0) is 48.1 Å². The Morgan fingerprint density at radius 1 is 1.00 bits per heavy atom. The van der Waals surface area contributed by atoms with E-state index in [1.54, 1.807) is 11.0 Å². The predicted octanol–water partition coefficient (Wildman–Crippen LogP) is 4.44. The van der Waals surface area contributed by atoms with Crippen molar-refractivity contribution in [3.63, 3.8) is 0 Å². The fourth-order valence-electron chi connectivity index (χ4n) is 5.33. The van der Waals surface area contributed by atoms with Crippen LogP contribution in [0.5, 0.6) is 0 Å². The van der Waals surface area contributed by atoms with Crippen molar-refractivity contribution in [3.05, 3.63) is 123 Å². The summed E-state index contributed by atoms with van der Waals surface area (Å²) in [5.74, 6) is 0.313. The number of nitrogens with zero attached hydrogens (tertiary/aromatic N) is 2. The first-order valence-electron chi connectivity index (χ1n) is 12.8.